The number of amides is 2. The van der Waals surface area contributed by atoms with Gasteiger partial charge in [0.05, 0.1) is 18.2 Å². The molecule has 1 aromatic carbocycles. The summed E-state index contributed by atoms with van der Waals surface area (Å²) in [6.07, 6.45) is 2.66. The van der Waals surface area contributed by atoms with Gasteiger partial charge in [-0.3, -0.25) is 14.5 Å². The van der Waals surface area contributed by atoms with Crippen LogP contribution in [-0.2, 0) is 9.59 Å². The monoisotopic (exact) mass is 355 g/mol. The summed E-state index contributed by atoms with van der Waals surface area (Å²) in [5.41, 5.74) is 1.28. The number of hydrogen-bond donors (Lipinski definition) is 2. The molecule has 2 fully saturated rings. The normalized spacial score (nSPS) is 18.1. The van der Waals surface area contributed by atoms with Gasteiger partial charge >= 0.3 is 0 Å². The molecule has 1 heterocycles. The highest BCUT2D eigenvalue weighted by molar-refractivity contribution is 5.90. The molecule has 0 bridgehead atoms. The fraction of sp³-hybridized carbons (Fsp3) is 0.526. The third-order valence-electron chi connectivity index (χ3n) is 4.73. The maximum absolute atomic E-state index is 12.1. The lowest BCUT2D eigenvalue weighted by molar-refractivity contribution is -0.122. The molecular weight excluding hydrogens is 330 g/mol. The van der Waals surface area contributed by atoms with Gasteiger partial charge in [0.1, 0.15) is 0 Å². The number of piperazine rings is 1. The summed E-state index contributed by atoms with van der Waals surface area (Å²) in [5, 5.41) is 14.6. The first-order chi connectivity index (χ1) is 12.6. The quantitative estimate of drug-likeness (QED) is 0.755. The molecule has 26 heavy (non-hydrogen) atoms. The fourth-order valence-electron chi connectivity index (χ4n) is 2.99. The second-order valence-electron chi connectivity index (χ2n) is 6.95. The number of nitriles is 1. The third-order valence-corrected chi connectivity index (χ3v) is 4.73. The van der Waals surface area contributed by atoms with Crippen molar-refractivity contribution in [3.8, 4) is 6.07 Å². The van der Waals surface area contributed by atoms with Crippen molar-refractivity contribution in [3.05, 3.63) is 29.8 Å². The van der Waals surface area contributed by atoms with Crippen LogP contribution in [-0.4, -0.2) is 66.9 Å². The van der Waals surface area contributed by atoms with Crippen LogP contribution < -0.4 is 10.6 Å². The Morgan fingerprint density at radius 2 is 1.69 bits per heavy atom. The van der Waals surface area contributed by atoms with Crippen molar-refractivity contribution in [1.82, 2.24) is 15.1 Å². The van der Waals surface area contributed by atoms with E-state index in [9.17, 15) is 9.59 Å². The largest absolute Gasteiger partial charge is 0.352 e. The second kappa shape index (κ2) is 8.79. The highest BCUT2D eigenvalue weighted by atomic mass is 16.2. The van der Waals surface area contributed by atoms with Gasteiger partial charge in [0, 0.05) is 50.9 Å². The van der Waals surface area contributed by atoms with Crippen molar-refractivity contribution in [2.45, 2.75) is 25.3 Å². The summed E-state index contributed by atoms with van der Waals surface area (Å²) in [6.45, 7) is 4.65. The van der Waals surface area contributed by atoms with Crippen molar-refractivity contribution >= 4 is 17.5 Å². The third kappa shape index (κ3) is 5.83. The first kappa shape index (κ1) is 18.4. The van der Waals surface area contributed by atoms with Crippen molar-refractivity contribution in [3.63, 3.8) is 0 Å². The van der Waals surface area contributed by atoms with E-state index in [0.29, 0.717) is 36.8 Å². The van der Waals surface area contributed by atoms with Gasteiger partial charge < -0.3 is 15.5 Å². The number of anilines is 1. The Morgan fingerprint density at radius 1 is 1.04 bits per heavy atom. The van der Waals surface area contributed by atoms with Gasteiger partial charge in [0.15, 0.2) is 0 Å². The number of hydrogen-bond acceptors (Lipinski definition) is 5. The lowest BCUT2D eigenvalue weighted by Crippen LogP contribution is -2.50. The molecule has 0 unspecified atom stereocenters. The summed E-state index contributed by atoms with van der Waals surface area (Å²) >= 11 is 0. The molecular formula is C19H25N5O2. The summed E-state index contributed by atoms with van der Waals surface area (Å²) in [6, 6.07) is 9.32. The number of carbonyl (C=O) groups excluding carboxylic acids is 2. The van der Waals surface area contributed by atoms with E-state index < -0.39 is 0 Å². The van der Waals surface area contributed by atoms with Gasteiger partial charge in [-0.25, -0.2) is 0 Å². The molecule has 0 radical (unpaired) electrons. The Hall–Kier alpha value is -2.43. The molecule has 2 aliphatic rings. The Balaban J connectivity index is 1.32. The van der Waals surface area contributed by atoms with Gasteiger partial charge in [-0.05, 0) is 37.1 Å². The van der Waals surface area contributed by atoms with Crippen LogP contribution in [0.25, 0.3) is 0 Å². The number of nitrogens with zero attached hydrogens (tertiary/aromatic N) is 3. The molecule has 1 saturated heterocycles. The highest BCUT2D eigenvalue weighted by Gasteiger charge is 2.25. The minimum atomic E-state index is -0.0269. The van der Waals surface area contributed by atoms with Gasteiger partial charge in [-0.1, -0.05) is 0 Å². The molecule has 7 nitrogen and oxygen atoms in total. The highest BCUT2D eigenvalue weighted by Crippen LogP contribution is 2.18. The van der Waals surface area contributed by atoms with Crippen LogP contribution in [0.15, 0.2) is 24.3 Å². The lowest BCUT2D eigenvalue weighted by Gasteiger charge is -2.34. The maximum atomic E-state index is 12.1. The minimum Gasteiger partial charge on any atom is -0.352 e. The zero-order chi connectivity index (χ0) is 18.4. The number of carbonyl (C=O) groups is 2. The van der Waals surface area contributed by atoms with Gasteiger partial charge in [0.2, 0.25) is 11.8 Å². The van der Waals surface area contributed by atoms with Crippen LogP contribution in [0.5, 0.6) is 0 Å². The van der Waals surface area contributed by atoms with Crippen molar-refractivity contribution in [1.29, 1.82) is 5.26 Å². The lowest BCUT2D eigenvalue weighted by atomic mass is 10.2. The minimum absolute atomic E-state index is 0.0269. The molecule has 0 atom stereocenters. The Kier molecular flexibility index (Phi) is 6.21. The van der Waals surface area contributed by atoms with Crippen LogP contribution in [0.3, 0.4) is 0 Å². The first-order valence-electron chi connectivity index (χ1n) is 9.16. The van der Waals surface area contributed by atoms with E-state index in [1.807, 2.05) is 0 Å². The Bertz CT molecular complexity index is 670. The van der Waals surface area contributed by atoms with Crippen LogP contribution in [0.2, 0.25) is 0 Å². The van der Waals surface area contributed by atoms with Crippen LogP contribution in [0.1, 0.15) is 24.8 Å². The van der Waals surface area contributed by atoms with E-state index in [0.717, 1.165) is 39.0 Å². The number of nitrogens with one attached hydrogen (secondary N) is 2. The van der Waals surface area contributed by atoms with E-state index in [2.05, 4.69) is 26.5 Å². The van der Waals surface area contributed by atoms with E-state index in [4.69, 9.17) is 5.26 Å². The first-order valence-corrected chi connectivity index (χ1v) is 9.16. The van der Waals surface area contributed by atoms with Gasteiger partial charge in [-0.2, -0.15) is 5.26 Å². The standard InChI is InChI=1S/C19H25N5O2/c20-13-15-1-3-16(4-2-15)21-18(25)7-8-23-9-11-24(12-10-23)14-19(26)22-17-5-6-17/h1-4,17H,5-12,14H2,(H,21,25)(H,22,26). The molecule has 1 saturated carbocycles. The fourth-order valence-corrected chi connectivity index (χ4v) is 2.99. The van der Waals surface area contributed by atoms with Gasteiger partial charge in [-0.15, -0.1) is 0 Å². The SMILES string of the molecule is N#Cc1ccc(NC(=O)CCN2CCN(CC(=O)NC3CC3)CC2)cc1. The van der Waals surface area contributed by atoms with Crippen molar-refractivity contribution < 1.29 is 9.59 Å². The summed E-state index contributed by atoms with van der Waals surface area (Å²) in [4.78, 5) is 28.3. The van der Waals surface area contributed by atoms with E-state index >= 15 is 0 Å². The van der Waals surface area contributed by atoms with Gasteiger partial charge in [0.25, 0.3) is 0 Å². The Labute approximate surface area is 153 Å². The zero-order valence-corrected chi connectivity index (χ0v) is 14.9. The van der Waals surface area contributed by atoms with E-state index in [1.165, 1.54) is 0 Å². The average molecular weight is 355 g/mol. The molecule has 0 aromatic heterocycles. The Morgan fingerprint density at radius 3 is 2.31 bits per heavy atom. The molecule has 7 heteroatoms. The van der Waals surface area contributed by atoms with E-state index in [-0.39, 0.29) is 11.8 Å². The van der Waals surface area contributed by atoms with Crippen LogP contribution in [0.4, 0.5) is 5.69 Å². The van der Waals surface area contributed by atoms with Crippen LogP contribution >= 0.6 is 0 Å². The predicted octanol–water partition coefficient (Wildman–Crippen LogP) is 0.783. The molecule has 0 spiro atoms. The molecule has 1 aromatic rings. The van der Waals surface area contributed by atoms with Crippen LogP contribution in [0, 0.1) is 11.3 Å². The molecule has 1 aliphatic carbocycles. The predicted molar refractivity (Wildman–Crippen MR) is 98.4 cm³/mol. The summed E-state index contributed by atoms with van der Waals surface area (Å²) in [5.74, 6) is 0.101. The molecule has 3 rings (SSSR count). The smallest absolute Gasteiger partial charge is 0.234 e. The van der Waals surface area contributed by atoms with Crippen molar-refractivity contribution in [2.24, 2.45) is 0 Å². The molecule has 2 amide bonds. The number of benzene rings is 1. The maximum Gasteiger partial charge on any atom is 0.234 e. The molecule has 1 aliphatic heterocycles. The molecule has 138 valence electrons. The summed E-state index contributed by atoms with van der Waals surface area (Å²) in [7, 11) is 0. The average Bonchev–Trinajstić information content (AvgIpc) is 3.45. The number of rotatable bonds is 7. The topological polar surface area (TPSA) is 88.5 Å². The van der Waals surface area contributed by atoms with E-state index in [1.54, 1.807) is 24.3 Å². The van der Waals surface area contributed by atoms with Crippen molar-refractivity contribution in [2.75, 3.05) is 44.6 Å². The molecule has 2 N–H and O–H groups in total. The summed E-state index contributed by atoms with van der Waals surface area (Å²) < 4.78 is 0. The zero-order valence-electron chi connectivity index (χ0n) is 14.9. The second-order valence-corrected chi connectivity index (χ2v) is 6.95.